The van der Waals surface area contributed by atoms with Crippen LogP contribution in [0.3, 0.4) is 0 Å². The molecule has 0 unspecified atom stereocenters. The monoisotopic (exact) mass is 425 g/mol. The molecule has 1 N–H and O–H groups in total. The maximum Gasteiger partial charge on any atom is 0.435 e. The van der Waals surface area contributed by atoms with Crippen LogP contribution in [0.1, 0.15) is 50.2 Å². The van der Waals surface area contributed by atoms with E-state index in [-0.39, 0.29) is 19.0 Å². The fourth-order valence-corrected chi connectivity index (χ4v) is 5.05. The molecule has 3 aromatic rings. The van der Waals surface area contributed by atoms with Gasteiger partial charge in [-0.2, -0.15) is 18.3 Å². The third kappa shape index (κ3) is 3.43. The van der Waals surface area contributed by atoms with Crippen LogP contribution in [0, 0.1) is 13.8 Å². The summed E-state index contributed by atoms with van der Waals surface area (Å²) >= 11 is 1.38. The summed E-state index contributed by atoms with van der Waals surface area (Å²) in [4.78, 5) is 18.7. The number of halogens is 3. The van der Waals surface area contributed by atoms with Gasteiger partial charge in [-0.1, -0.05) is 0 Å². The number of amides is 1. The Kier molecular flexibility index (Phi) is 4.92. The van der Waals surface area contributed by atoms with E-state index in [4.69, 9.17) is 0 Å². The molecule has 0 radical (unpaired) electrons. The lowest BCUT2D eigenvalue weighted by molar-refractivity contribution is -0.142. The number of nitrogens with zero attached hydrogens (tertiary/aromatic N) is 4. The third-order valence-corrected chi connectivity index (χ3v) is 6.55. The molecule has 1 aliphatic rings. The minimum atomic E-state index is -4.45. The van der Waals surface area contributed by atoms with E-state index in [0.29, 0.717) is 34.5 Å². The molecular weight excluding hydrogens is 403 g/mol. The number of rotatable bonds is 4. The number of alkyl halides is 3. The van der Waals surface area contributed by atoms with Gasteiger partial charge in [-0.15, -0.1) is 11.3 Å². The Hall–Kier alpha value is -2.36. The first kappa shape index (κ1) is 19.9. The van der Waals surface area contributed by atoms with Crippen LogP contribution >= 0.6 is 11.3 Å². The second kappa shape index (κ2) is 7.16. The molecule has 1 amide bonds. The highest BCUT2D eigenvalue weighted by molar-refractivity contribution is 7.15. The van der Waals surface area contributed by atoms with Crippen LogP contribution in [0.5, 0.6) is 0 Å². The Labute approximate surface area is 169 Å². The normalized spacial score (nSPS) is 14.4. The minimum absolute atomic E-state index is 0.203. The van der Waals surface area contributed by atoms with Crippen LogP contribution in [0.25, 0.3) is 11.0 Å². The molecule has 6 nitrogen and oxygen atoms in total. The molecule has 10 heteroatoms. The van der Waals surface area contributed by atoms with Crippen LogP contribution in [0.15, 0.2) is 0 Å². The van der Waals surface area contributed by atoms with Crippen LogP contribution in [-0.2, 0) is 32.6 Å². The fraction of sp³-hybridized carbons (Fsp3) is 0.526. The molecule has 4 rings (SSSR count). The van der Waals surface area contributed by atoms with Gasteiger partial charge in [0.1, 0.15) is 16.2 Å². The zero-order valence-corrected chi connectivity index (χ0v) is 17.3. The summed E-state index contributed by atoms with van der Waals surface area (Å²) in [6.07, 6.45) is -1.86. The molecule has 0 spiro atoms. The largest absolute Gasteiger partial charge is 0.435 e. The van der Waals surface area contributed by atoms with E-state index in [1.54, 1.807) is 0 Å². The number of aryl methyl sites for hydroxylation is 3. The average molecular weight is 425 g/mol. The highest BCUT2D eigenvalue weighted by atomic mass is 32.1. The first-order valence-corrected chi connectivity index (χ1v) is 10.4. The van der Waals surface area contributed by atoms with Crippen LogP contribution < -0.4 is 5.32 Å². The van der Waals surface area contributed by atoms with Crippen molar-refractivity contribution in [3.63, 3.8) is 0 Å². The van der Waals surface area contributed by atoms with E-state index in [1.165, 1.54) is 16.0 Å². The SMILES string of the molecule is Cc1sc(C(=O)NCCn2nc(C(F)(F)F)c3c2CCCC3)c2nc(C)n(C)c12. The Balaban J connectivity index is 1.51. The number of carbonyl (C=O) groups excluding carboxylic acids is 1. The molecule has 0 saturated carbocycles. The van der Waals surface area contributed by atoms with Crippen molar-refractivity contribution < 1.29 is 18.0 Å². The highest BCUT2D eigenvalue weighted by Crippen LogP contribution is 2.36. The predicted molar refractivity (Wildman–Crippen MR) is 104 cm³/mol. The Morgan fingerprint density at radius 1 is 1.24 bits per heavy atom. The summed E-state index contributed by atoms with van der Waals surface area (Å²) in [7, 11) is 1.91. The van der Waals surface area contributed by atoms with E-state index in [1.807, 2.05) is 25.5 Å². The molecule has 0 atom stereocenters. The van der Waals surface area contributed by atoms with Crippen molar-refractivity contribution in [1.82, 2.24) is 24.6 Å². The fourth-order valence-electron chi connectivity index (χ4n) is 4.01. The Bertz CT molecular complexity index is 1090. The molecule has 0 bridgehead atoms. The summed E-state index contributed by atoms with van der Waals surface area (Å²) in [5, 5.41) is 6.65. The number of fused-ring (bicyclic) bond motifs is 2. The van der Waals surface area contributed by atoms with Crippen LogP contribution in [0.2, 0.25) is 0 Å². The molecule has 0 aliphatic heterocycles. The molecule has 3 heterocycles. The van der Waals surface area contributed by atoms with Crippen molar-refractivity contribution in [1.29, 1.82) is 0 Å². The van der Waals surface area contributed by atoms with Crippen LogP contribution in [0.4, 0.5) is 13.2 Å². The first-order valence-electron chi connectivity index (χ1n) is 9.55. The van der Waals surface area contributed by atoms with E-state index in [2.05, 4.69) is 15.4 Å². The van der Waals surface area contributed by atoms with E-state index < -0.39 is 11.9 Å². The summed E-state index contributed by atoms with van der Waals surface area (Å²) in [5.41, 5.74) is 1.79. The highest BCUT2D eigenvalue weighted by Gasteiger charge is 2.39. The second-order valence-corrected chi connectivity index (χ2v) is 8.59. The van der Waals surface area contributed by atoms with Gasteiger partial charge in [-0.05, 0) is 39.5 Å². The number of hydrogen-bond acceptors (Lipinski definition) is 4. The Morgan fingerprint density at radius 2 is 1.97 bits per heavy atom. The van der Waals surface area contributed by atoms with Gasteiger partial charge in [0.2, 0.25) is 0 Å². The third-order valence-electron chi connectivity index (χ3n) is 5.46. The van der Waals surface area contributed by atoms with E-state index in [0.717, 1.165) is 29.1 Å². The molecule has 3 aromatic heterocycles. The van der Waals surface area contributed by atoms with Gasteiger partial charge in [0.15, 0.2) is 5.69 Å². The lowest BCUT2D eigenvalue weighted by Gasteiger charge is -2.14. The summed E-state index contributed by atoms with van der Waals surface area (Å²) in [6, 6.07) is 0. The number of nitrogens with one attached hydrogen (secondary N) is 1. The lowest BCUT2D eigenvalue weighted by atomic mass is 9.95. The zero-order valence-electron chi connectivity index (χ0n) is 16.5. The maximum absolute atomic E-state index is 13.3. The molecular formula is C19H22F3N5OS. The Morgan fingerprint density at radius 3 is 2.69 bits per heavy atom. The van der Waals surface area contributed by atoms with Crippen molar-refractivity contribution in [2.24, 2.45) is 7.05 Å². The van der Waals surface area contributed by atoms with Gasteiger partial charge < -0.3 is 9.88 Å². The molecule has 0 aromatic carbocycles. The van der Waals surface area contributed by atoms with Crippen molar-refractivity contribution in [2.45, 2.75) is 52.3 Å². The molecule has 29 heavy (non-hydrogen) atoms. The van der Waals surface area contributed by atoms with Gasteiger partial charge in [0.25, 0.3) is 5.91 Å². The number of hydrogen-bond donors (Lipinski definition) is 1. The lowest BCUT2D eigenvalue weighted by Crippen LogP contribution is -2.27. The zero-order chi connectivity index (χ0) is 20.9. The van der Waals surface area contributed by atoms with E-state index in [9.17, 15) is 18.0 Å². The molecule has 0 fully saturated rings. The number of carbonyl (C=O) groups is 1. The predicted octanol–water partition coefficient (Wildman–Crippen LogP) is 3.78. The number of imidazole rings is 1. The summed E-state index contributed by atoms with van der Waals surface area (Å²) in [5.74, 6) is 0.561. The van der Waals surface area contributed by atoms with Gasteiger partial charge in [-0.25, -0.2) is 4.98 Å². The molecule has 0 saturated heterocycles. The van der Waals surface area contributed by atoms with Gasteiger partial charge >= 0.3 is 6.18 Å². The minimum Gasteiger partial charge on any atom is -0.349 e. The van der Waals surface area contributed by atoms with Gasteiger partial charge in [0, 0.05) is 29.7 Å². The first-order chi connectivity index (χ1) is 13.7. The summed E-state index contributed by atoms with van der Waals surface area (Å²) in [6.45, 7) is 4.23. The average Bonchev–Trinajstić information content (AvgIpc) is 3.28. The quantitative estimate of drug-likeness (QED) is 0.692. The second-order valence-electron chi connectivity index (χ2n) is 7.36. The van der Waals surface area contributed by atoms with E-state index >= 15 is 0 Å². The number of aromatic nitrogens is 4. The maximum atomic E-state index is 13.3. The molecule has 156 valence electrons. The van der Waals surface area contributed by atoms with Gasteiger partial charge in [-0.3, -0.25) is 9.48 Å². The smallest absolute Gasteiger partial charge is 0.349 e. The van der Waals surface area contributed by atoms with Gasteiger partial charge in [0.05, 0.1) is 12.1 Å². The summed E-state index contributed by atoms with van der Waals surface area (Å²) < 4.78 is 43.2. The molecule has 1 aliphatic carbocycles. The number of thiophene rings is 1. The van der Waals surface area contributed by atoms with Crippen molar-refractivity contribution >= 4 is 28.3 Å². The van der Waals surface area contributed by atoms with Crippen molar-refractivity contribution in [2.75, 3.05) is 6.54 Å². The standard InChI is InChI=1S/C19H22F3N5OS/c1-10-15-14(24-11(2)26(15)3)16(29-10)18(28)23-8-9-27-13-7-5-4-6-12(13)17(25-27)19(20,21)22/h4-9H2,1-3H3,(H,23,28). The van der Waals surface area contributed by atoms with Crippen molar-refractivity contribution in [3.8, 4) is 0 Å². The topological polar surface area (TPSA) is 64.7 Å². The van der Waals surface area contributed by atoms with Crippen LogP contribution in [-0.4, -0.2) is 31.8 Å². The van der Waals surface area contributed by atoms with Crippen molar-refractivity contribution in [3.05, 3.63) is 32.5 Å².